The summed E-state index contributed by atoms with van der Waals surface area (Å²) in [7, 11) is 0. The summed E-state index contributed by atoms with van der Waals surface area (Å²) in [5.41, 5.74) is 1.13. The highest BCUT2D eigenvalue weighted by Crippen LogP contribution is 2.27. The third kappa shape index (κ3) is 1.74. The van der Waals surface area contributed by atoms with Crippen LogP contribution in [0.4, 0.5) is 0 Å². The van der Waals surface area contributed by atoms with E-state index < -0.39 is 0 Å². The number of rotatable bonds is 1. The van der Waals surface area contributed by atoms with Gasteiger partial charge >= 0.3 is 0 Å². The van der Waals surface area contributed by atoms with E-state index in [0.29, 0.717) is 16.3 Å². The minimum Gasteiger partial charge on any atom is -0.337 e. The van der Waals surface area contributed by atoms with Crippen LogP contribution in [-0.2, 0) is 0 Å². The molecular formula is C11H5IN4OS. The highest BCUT2D eigenvalue weighted by Gasteiger charge is 2.14. The number of aromatic amines is 2. The number of hydrogen-bond donors (Lipinski definition) is 2. The lowest BCUT2D eigenvalue weighted by Gasteiger charge is -1.98. The molecule has 0 spiro atoms. The van der Waals surface area contributed by atoms with Gasteiger partial charge in [0.15, 0.2) is 0 Å². The number of fused-ring (bicyclic) bond motifs is 1. The SMILES string of the molecule is N#Cc1cc2[nH]c(-c3c(I)cc[nH]c3=O)nc2s1. The number of nitrogens with zero attached hydrogens (tertiary/aromatic N) is 2. The summed E-state index contributed by atoms with van der Waals surface area (Å²) in [6.07, 6.45) is 1.60. The highest BCUT2D eigenvalue weighted by molar-refractivity contribution is 14.1. The van der Waals surface area contributed by atoms with Gasteiger partial charge < -0.3 is 9.97 Å². The number of nitriles is 1. The van der Waals surface area contributed by atoms with Gasteiger partial charge in [0, 0.05) is 9.77 Å². The van der Waals surface area contributed by atoms with E-state index in [1.54, 1.807) is 12.3 Å². The Morgan fingerprint density at radius 3 is 3.00 bits per heavy atom. The molecule has 0 aliphatic rings. The summed E-state index contributed by atoms with van der Waals surface area (Å²) in [6, 6.07) is 5.62. The zero-order chi connectivity index (χ0) is 12.7. The molecule has 0 unspecified atom stereocenters. The molecule has 0 saturated heterocycles. The van der Waals surface area contributed by atoms with Crippen molar-refractivity contribution < 1.29 is 0 Å². The maximum absolute atomic E-state index is 11.8. The standard InChI is InChI=1S/C11H5IN4OS/c12-6-1-2-14-10(17)8(6)9-15-7-3-5(4-13)18-11(7)16-9/h1-3H,(H,14,17)(H,15,16). The maximum atomic E-state index is 11.8. The second-order valence-corrected chi connectivity index (χ2v) is 5.75. The summed E-state index contributed by atoms with van der Waals surface area (Å²) in [6.45, 7) is 0. The quantitative estimate of drug-likeness (QED) is 0.647. The van der Waals surface area contributed by atoms with Crippen LogP contribution in [0.5, 0.6) is 0 Å². The van der Waals surface area contributed by atoms with Crippen molar-refractivity contribution in [2.75, 3.05) is 0 Å². The lowest BCUT2D eigenvalue weighted by molar-refractivity contribution is 1.20. The van der Waals surface area contributed by atoms with Gasteiger partial charge in [0.25, 0.3) is 5.56 Å². The van der Waals surface area contributed by atoms with Crippen molar-refractivity contribution >= 4 is 44.3 Å². The average Bonchev–Trinajstić information content (AvgIpc) is 2.86. The predicted octanol–water partition coefficient (Wildman–Crippen LogP) is 2.46. The molecule has 0 radical (unpaired) electrons. The molecule has 3 aromatic rings. The van der Waals surface area contributed by atoms with Crippen molar-refractivity contribution in [3.8, 4) is 17.5 Å². The Hall–Kier alpha value is -1.66. The zero-order valence-electron chi connectivity index (χ0n) is 8.82. The first-order valence-electron chi connectivity index (χ1n) is 4.96. The molecule has 0 aromatic carbocycles. The van der Waals surface area contributed by atoms with E-state index in [2.05, 4.69) is 43.6 Å². The van der Waals surface area contributed by atoms with E-state index in [4.69, 9.17) is 5.26 Å². The minimum absolute atomic E-state index is 0.177. The second kappa shape index (κ2) is 4.22. The number of H-pyrrole nitrogens is 2. The molecule has 5 nitrogen and oxygen atoms in total. The topological polar surface area (TPSA) is 85.3 Å². The molecular weight excluding hydrogens is 363 g/mol. The Balaban J connectivity index is 2.24. The normalized spacial score (nSPS) is 10.7. The minimum atomic E-state index is -0.177. The Morgan fingerprint density at radius 1 is 1.50 bits per heavy atom. The Kier molecular flexibility index (Phi) is 2.68. The predicted molar refractivity (Wildman–Crippen MR) is 77.5 cm³/mol. The van der Waals surface area contributed by atoms with Gasteiger partial charge in [0.2, 0.25) is 0 Å². The van der Waals surface area contributed by atoms with E-state index in [0.717, 1.165) is 13.9 Å². The maximum Gasteiger partial charge on any atom is 0.260 e. The van der Waals surface area contributed by atoms with E-state index in [-0.39, 0.29) is 5.56 Å². The molecule has 3 aromatic heterocycles. The molecule has 0 aliphatic carbocycles. The third-order valence-corrected chi connectivity index (χ3v) is 4.27. The fraction of sp³-hybridized carbons (Fsp3) is 0. The zero-order valence-corrected chi connectivity index (χ0v) is 11.8. The summed E-state index contributed by atoms with van der Waals surface area (Å²) >= 11 is 3.40. The largest absolute Gasteiger partial charge is 0.337 e. The average molecular weight is 368 g/mol. The summed E-state index contributed by atoms with van der Waals surface area (Å²) in [5.74, 6) is 0.534. The lowest BCUT2D eigenvalue weighted by atomic mass is 10.3. The van der Waals surface area contributed by atoms with Gasteiger partial charge in [-0.1, -0.05) is 0 Å². The number of aromatic nitrogens is 3. The van der Waals surface area contributed by atoms with Crippen molar-refractivity contribution in [2.45, 2.75) is 0 Å². The van der Waals surface area contributed by atoms with E-state index in [1.165, 1.54) is 11.3 Å². The molecule has 0 aliphatic heterocycles. The van der Waals surface area contributed by atoms with Crippen molar-refractivity contribution in [3.63, 3.8) is 0 Å². The molecule has 2 N–H and O–H groups in total. The molecule has 0 saturated carbocycles. The van der Waals surface area contributed by atoms with Crippen LogP contribution >= 0.6 is 33.9 Å². The van der Waals surface area contributed by atoms with Crippen LogP contribution in [0.15, 0.2) is 23.1 Å². The fourth-order valence-corrected chi connectivity index (χ4v) is 3.13. The van der Waals surface area contributed by atoms with E-state index in [9.17, 15) is 4.79 Å². The molecule has 88 valence electrons. The number of pyridine rings is 1. The van der Waals surface area contributed by atoms with Crippen LogP contribution in [0.2, 0.25) is 0 Å². The first-order chi connectivity index (χ1) is 8.69. The number of nitrogens with one attached hydrogen (secondary N) is 2. The van der Waals surface area contributed by atoms with Gasteiger partial charge in [-0.05, 0) is 34.7 Å². The molecule has 0 amide bonds. The smallest absolute Gasteiger partial charge is 0.260 e. The van der Waals surface area contributed by atoms with Crippen LogP contribution in [0.1, 0.15) is 4.88 Å². The molecule has 0 fully saturated rings. The van der Waals surface area contributed by atoms with Gasteiger partial charge in [-0.3, -0.25) is 4.79 Å². The third-order valence-electron chi connectivity index (χ3n) is 2.44. The number of thiophene rings is 1. The van der Waals surface area contributed by atoms with Crippen LogP contribution in [0.3, 0.4) is 0 Å². The molecule has 3 rings (SSSR count). The van der Waals surface area contributed by atoms with E-state index >= 15 is 0 Å². The Labute approximate surface area is 119 Å². The number of hydrogen-bond acceptors (Lipinski definition) is 4. The van der Waals surface area contributed by atoms with Gasteiger partial charge in [-0.2, -0.15) is 5.26 Å². The summed E-state index contributed by atoms with van der Waals surface area (Å²) in [4.78, 5) is 23.2. The van der Waals surface area contributed by atoms with Gasteiger partial charge in [-0.25, -0.2) is 4.98 Å². The van der Waals surface area contributed by atoms with Crippen molar-refractivity contribution in [2.24, 2.45) is 0 Å². The van der Waals surface area contributed by atoms with Crippen LogP contribution < -0.4 is 5.56 Å². The van der Waals surface area contributed by atoms with Crippen LogP contribution in [0, 0.1) is 14.9 Å². The van der Waals surface area contributed by atoms with Gasteiger partial charge in [0.1, 0.15) is 21.6 Å². The molecule has 7 heteroatoms. The van der Waals surface area contributed by atoms with Crippen LogP contribution in [-0.4, -0.2) is 15.0 Å². The number of halogens is 1. The van der Waals surface area contributed by atoms with Gasteiger partial charge in [0.05, 0.1) is 11.1 Å². The molecule has 0 atom stereocenters. The molecule has 18 heavy (non-hydrogen) atoms. The van der Waals surface area contributed by atoms with Crippen molar-refractivity contribution in [1.82, 2.24) is 15.0 Å². The second-order valence-electron chi connectivity index (χ2n) is 3.56. The first kappa shape index (κ1) is 11.4. The Morgan fingerprint density at radius 2 is 2.33 bits per heavy atom. The summed E-state index contributed by atoms with van der Waals surface area (Å²) < 4.78 is 0.832. The van der Waals surface area contributed by atoms with E-state index in [1.807, 2.05) is 6.07 Å². The van der Waals surface area contributed by atoms with Crippen molar-refractivity contribution in [1.29, 1.82) is 5.26 Å². The first-order valence-corrected chi connectivity index (χ1v) is 6.86. The Bertz CT molecular complexity index is 807. The van der Waals surface area contributed by atoms with Crippen LogP contribution in [0.25, 0.3) is 21.7 Å². The number of imidazole rings is 1. The van der Waals surface area contributed by atoms with Crippen molar-refractivity contribution in [3.05, 3.63) is 37.1 Å². The van der Waals surface area contributed by atoms with Gasteiger partial charge in [-0.15, -0.1) is 11.3 Å². The molecule has 3 heterocycles. The molecule has 0 bridgehead atoms. The monoisotopic (exact) mass is 368 g/mol. The lowest BCUT2D eigenvalue weighted by Crippen LogP contribution is -2.10. The summed E-state index contributed by atoms with van der Waals surface area (Å²) in [5, 5.41) is 8.79. The highest BCUT2D eigenvalue weighted by atomic mass is 127. The fourth-order valence-electron chi connectivity index (χ4n) is 1.66.